The molecule has 14 heavy (non-hydrogen) atoms. The van der Waals surface area contributed by atoms with E-state index in [2.05, 4.69) is 11.8 Å². The van der Waals surface area contributed by atoms with Gasteiger partial charge in [-0.25, -0.2) is 0 Å². The van der Waals surface area contributed by atoms with Crippen LogP contribution < -0.4 is 5.73 Å². The summed E-state index contributed by atoms with van der Waals surface area (Å²) in [5, 5.41) is 0. The lowest BCUT2D eigenvalue weighted by Gasteiger charge is -2.44. The zero-order chi connectivity index (χ0) is 10.0. The third-order valence-electron chi connectivity index (χ3n) is 3.96. The van der Waals surface area contributed by atoms with Crippen molar-refractivity contribution in [1.82, 2.24) is 4.90 Å². The monoisotopic (exact) mass is 196 g/mol. The molecule has 0 aromatic rings. The van der Waals surface area contributed by atoms with Crippen LogP contribution in [-0.4, -0.2) is 30.6 Å². The summed E-state index contributed by atoms with van der Waals surface area (Å²) in [5.74, 6) is 0. The van der Waals surface area contributed by atoms with Crippen LogP contribution in [0.3, 0.4) is 0 Å². The molecule has 2 saturated carbocycles. The van der Waals surface area contributed by atoms with Gasteiger partial charge in [0.05, 0.1) is 0 Å². The maximum Gasteiger partial charge on any atom is 0.00966 e. The summed E-state index contributed by atoms with van der Waals surface area (Å²) in [6.45, 7) is 5.75. The Kier molecular flexibility index (Phi) is 3.13. The van der Waals surface area contributed by atoms with Crippen LogP contribution in [0.5, 0.6) is 0 Å². The molecule has 0 radical (unpaired) electrons. The minimum atomic E-state index is 0.512. The van der Waals surface area contributed by atoms with E-state index in [4.69, 9.17) is 5.73 Å². The Morgan fingerprint density at radius 1 is 1.36 bits per heavy atom. The van der Waals surface area contributed by atoms with Crippen LogP contribution in [0, 0.1) is 5.41 Å². The van der Waals surface area contributed by atoms with Gasteiger partial charge in [0.1, 0.15) is 0 Å². The van der Waals surface area contributed by atoms with E-state index >= 15 is 0 Å². The Bertz CT molecular complexity index is 177. The van der Waals surface area contributed by atoms with Crippen molar-refractivity contribution in [3.63, 3.8) is 0 Å². The van der Waals surface area contributed by atoms with Crippen molar-refractivity contribution in [2.75, 3.05) is 19.6 Å². The topological polar surface area (TPSA) is 29.3 Å². The number of rotatable bonds is 6. The first-order chi connectivity index (χ1) is 6.79. The first-order valence-electron chi connectivity index (χ1n) is 6.24. The Labute approximate surface area is 87.8 Å². The van der Waals surface area contributed by atoms with Gasteiger partial charge >= 0.3 is 0 Å². The van der Waals surface area contributed by atoms with Crippen molar-refractivity contribution < 1.29 is 0 Å². The van der Waals surface area contributed by atoms with E-state index in [1.165, 1.54) is 51.6 Å². The van der Waals surface area contributed by atoms with E-state index in [1.54, 1.807) is 0 Å². The number of hydrogen-bond acceptors (Lipinski definition) is 2. The Balaban J connectivity index is 1.85. The average molecular weight is 196 g/mol. The molecule has 0 amide bonds. The van der Waals surface area contributed by atoms with E-state index in [9.17, 15) is 0 Å². The average Bonchev–Trinajstić information content (AvgIpc) is 2.92. The largest absolute Gasteiger partial charge is 0.330 e. The summed E-state index contributed by atoms with van der Waals surface area (Å²) >= 11 is 0. The lowest BCUT2D eigenvalue weighted by molar-refractivity contribution is 0.0705. The van der Waals surface area contributed by atoms with Crippen LogP contribution in [0.25, 0.3) is 0 Å². The summed E-state index contributed by atoms with van der Waals surface area (Å²) in [5.41, 5.74) is 6.42. The molecule has 0 aliphatic heterocycles. The standard InChI is InChI=1S/C12H24N2/c1-2-8-14(11-4-5-11)10-12(9-13)6-3-7-12/h11H,2-10,13H2,1H3. The smallest absolute Gasteiger partial charge is 0.00966 e. The highest BCUT2D eigenvalue weighted by atomic mass is 15.2. The van der Waals surface area contributed by atoms with Gasteiger partial charge in [-0.15, -0.1) is 0 Å². The van der Waals surface area contributed by atoms with Crippen molar-refractivity contribution in [1.29, 1.82) is 0 Å². The van der Waals surface area contributed by atoms with Gasteiger partial charge in [0.25, 0.3) is 0 Å². The van der Waals surface area contributed by atoms with Crippen LogP contribution in [0.4, 0.5) is 0 Å². The molecule has 2 rings (SSSR count). The molecular weight excluding hydrogens is 172 g/mol. The van der Waals surface area contributed by atoms with E-state index in [0.717, 1.165) is 12.6 Å². The van der Waals surface area contributed by atoms with Gasteiger partial charge in [0, 0.05) is 12.6 Å². The molecule has 2 N–H and O–H groups in total. The van der Waals surface area contributed by atoms with Gasteiger partial charge in [-0.05, 0) is 50.6 Å². The summed E-state index contributed by atoms with van der Waals surface area (Å²) < 4.78 is 0. The molecule has 0 saturated heterocycles. The van der Waals surface area contributed by atoms with Crippen molar-refractivity contribution in [3.8, 4) is 0 Å². The molecule has 0 bridgehead atoms. The minimum Gasteiger partial charge on any atom is -0.330 e. The highest BCUT2D eigenvalue weighted by Gasteiger charge is 2.40. The SMILES string of the molecule is CCCN(CC1(CN)CCC1)C1CC1. The molecule has 2 nitrogen and oxygen atoms in total. The predicted molar refractivity (Wildman–Crippen MR) is 60.2 cm³/mol. The van der Waals surface area contributed by atoms with Gasteiger partial charge in [-0.3, -0.25) is 4.90 Å². The fourth-order valence-corrected chi connectivity index (χ4v) is 2.65. The van der Waals surface area contributed by atoms with Gasteiger partial charge in [-0.2, -0.15) is 0 Å². The van der Waals surface area contributed by atoms with Crippen LogP contribution >= 0.6 is 0 Å². The van der Waals surface area contributed by atoms with Crippen LogP contribution in [0.15, 0.2) is 0 Å². The van der Waals surface area contributed by atoms with Gasteiger partial charge in [-0.1, -0.05) is 13.3 Å². The molecule has 0 aromatic heterocycles. The molecule has 2 aliphatic carbocycles. The third-order valence-corrected chi connectivity index (χ3v) is 3.96. The van der Waals surface area contributed by atoms with Crippen LogP contribution in [-0.2, 0) is 0 Å². The van der Waals surface area contributed by atoms with Gasteiger partial charge in [0.2, 0.25) is 0 Å². The van der Waals surface area contributed by atoms with Crippen LogP contribution in [0.2, 0.25) is 0 Å². The number of nitrogens with zero attached hydrogens (tertiary/aromatic N) is 1. The minimum absolute atomic E-state index is 0.512. The summed E-state index contributed by atoms with van der Waals surface area (Å²) in [7, 11) is 0. The van der Waals surface area contributed by atoms with Crippen molar-refractivity contribution in [2.45, 2.75) is 51.5 Å². The first kappa shape index (κ1) is 10.4. The molecule has 2 fully saturated rings. The maximum absolute atomic E-state index is 5.91. The van der Waals surface area contributed by atoms with Crippen molar-refractivity contribution in [2.24, 2.45) is 11.1 Å². The highest BCUT2D eigenvalue weighted by Crippen LogP contribution is 2.42. The Morgan fingerprint density at radius 2 is 2.07 bits per heavy atom. The molecule has 2 aliphatic rings. The fourth-order valence-electron chi connectivity index (χ4n) is 2.65. The normalized spacial score (nSPS) is 25.1. The summed E-state index contributed by atoms with van der Waals surface area (Å²) in [4.78, 5) is 2.70. The molecule has 0 spiro atoms. The Hall–Kier alpha value is -0.0800. The van der Waals surface area contributed by atoms with Crippen LogP contribution in [0.1, 0.15) is 45.4 Å². The first-order valence-corrected chi connectivity index (χ1v) is 6.24. The van der Waals surface area contributed by atoms with Gasteiger partial charge in [0.15, 0.2) is 0 Å². The summed E-state index contributed by atoms with van der Waals surface area (Å²) in [6, 6.07) is 0.916. The van der Waals surface area contributed by atoms with Crippen molar-refractivity contribution >= 4 is 0 Å². The molecule has 82 valence electrons. The molecule has 2 heteroatoms. The van der Waals surface area contributed by atoms with E-state index < -0.39 is 0 Å². The predicted octanol–water partition coefficient (Wildman–Crippen LogP) is 1.99. The molecule has 0 aromatic carbocycles. The second kappa shape index (κ2) is 4.19. The van der Waals surface area contributed by atoms with Gasteiger partial charge < -0.3 is 5.73 Å². The Morgan fingerprint density at radius 3 is 2.43 bits per heavy atom. The number of nitrogens with two attached hydrogens (primary N) is 1. The van der Waals surface area contributed by atoms with Crippen molar-refractivity contribution in [3.05, 3.63) is 0 Å². The molecule has 0 atom stereocenters. The lowest BCUT2D eigenvalue weighted by Crippen LogP contribution is -2.47. The maximum atomic E-state index is 5.91. The quantitative estimate of drug-likeness (QED) is 0.704. The molecule has 0 unspecified atom stereocenters. The molecule has 0 heterocycles. The second-order valence-corrected chi connectivity index (χ2v) is 5.26. The zero-order valence-electron chi connectivity index (χ0n) is 9.47. The lowest BCUT2D eigenvalue weighted by atomic mass is 9.68. The van der Waals surface area contributed by atoms with E-state index in [-0.39, 0.29) is 0 Å². The fraction of sp³-hybridized carbons (Fsp3) is 1.00. The number of hydrogen-bond donors (Lipinski definition) is 1. The van der Waals surface area contributed by atoms with E-state index in [0.29, 0.717) is 5.41 Å². The third kappa shape index (κ3) is 2.12. The highest BCUT2D eigenvalue weighted by molar-refractivity contribution is 4.95. The zero-order valence-corrected chi connectivity index (χ0v) is 9.47. The summed E-state index contributed by atoms with van der Waals surface area (Å²) in [6.07, 6.45) is 8.30. The second-order valence-electron chi connectivity index (χ2n) is 5.26. The van der Waals surface area contributed by atoms with E-state index in [1.807, 2.05) is 0 Å². The molecular formula is C12H24N2.